The molecule has 2 fully saturated rings. The molecular formula is C11H20N2O. The fraction of sp³-hybridized carbons (Fsp3) is 0.909. The molecule has 0 bridgehead atoms. The van der Waals surface area contributed by atoms with E-state index in [-0.39, 0.29) is 0 Å². The van der Waals surface area contributed by atoms with E-state index < -0.39 is 0 Å². The lowest BCUT2D eigenvalue weighted by Crippen LogP contribution is -2.53. The van der Waals surface area contributed by atoms with E-state index in [0.717, 1.165) is 32.5 Å². The predicted octanol–water partition coefficient (Wildman–Crippen LogP) is 0.997. The number of hydrogen-bond acceptors (Lipinski definition) is 2. The molecule has 0 radical (unpaired) electrons. The van der Waals surface area contributed by atoms with Crippen LogP contribution < -0.4 is 5.32 Å². The molecule has 1 N–H and O–H groups in total. The molecule has 80 valence electrons. The van der Waals surface area contributed by atoms with E-state index in [4.69, 9.17) is 0 Å². The smallest absolute Gasteiger partial charge is 0.226 e. The fourth-order valence-electron chi connectivity index (χ4n) is 2.58. The summed E-state index contributed by atoms with van der Waals surface area (Å²) in [6, 6.07) is 0.386. The van der Waals surface area contributed by atoms with E-state index >= 15 is 0 Å². The molecule has 14 heavy (non-hydrogen) atoms. The van der Waals surface area contributed by atoms with Crippen LogP contribution in [-0.4, -0.2) is 36.5 Å². The summed E-state index contributed by atoms with van der Waals surface area (Å²) >= 11 is 0. The molecule has 0 aromatic carbocycles. The summed E-state index contributed by atoms with van der Waals surface area (Å²) in [6.45, 7) is 4.96. The van der Waals surface area contributed by atoms with Crippen LogP contribution in [0.4, 0.5) is 0 Å². The lowest BCUT2D eigenvalue weighted by atomic mass is 10.0. The highest BCUT2D eigenvalue weighted by atomic mass is 16.2. The molecule has 1 heterocycles. The van der Waals surface area contributed by atoms with Crippen LogP contribution in [0.1, 0.15) is 32.6 Å². The van der Waals surface area contributed by atoms with Gasteiger partial charge in [-0.3, -0.25) is 4.79 Å². The Morgan fingerprint density at radius 2 is 2.07 bits per heavy atom. The number of nitrogens with one attached hydrogen (secondary N) is 1. The van der Waals surface area contributed by atoms with E-state index in [1.165, 1.54) is 12.8 Å². The van der Waals surface area contributed by atoms with Crippen molar-refractivity contribution in [1.82, 2.24) is 10.2 Å². The van der Waals surface area contributed by atoms with Crippen molar-refractivity contribution >= 4 is 5.91 Å². The maximum Gasteiger partial charge on any atom is 0.226 e. The van der Waals surface area contributed by atoms with Gasteiger partial charge in [0.05, 0.1) is 0 Å². The minimum Gasteiger partial charge on any atom is -0.337 e. The van der Waals surface area contributed by atoms with E-state index in [0.29, 0.717) is 17.9 Å². The van der Waals surface area contributed by atoms with Crippen molar-refractivity contribution in [3.05, 3.63) is 0 Å². The Hall–Kier alpha value is -0.570. The first-order valence-electron chi connectivity index (χ1n) is 5.80. The van der Waals surface area contributed by atoms with Crippen LogP contribution in [0.2, 0.25) is 0 Å². The van der Waals surface area contributed by atoms with Crippen molar-refractivity contribution < 1.29 is 4.79 Å². The monoisotopic (exact) mass is 196 g/mol. The minimum absolute atomic E-state index is 0.343. The van der Waals surface area contributed by atoms with Gasteiger partial charge in [-0.25, -0.2) is 0 Å². The van der Waals surface area contributed by atoms with Crippen LogP contribution in [0.25, 0.3) is 0 Å². The molecule has 2 aliphatic rings. The lowest BCUT2D eigenvalue weighted by molar-refractivity contribution is -0.138. The Balaban J connectivity index is 1.94. The first-order chi connectivity index (χ1) is 6.79. The molecule has 1 aliphatic heterocycles. The standard InChI is InChI=1S/C11H20N2O/c1-9-8-12-6-7-13(9)11(14)10-4-2-3-5-10/h9-10,12H,2-8H2,1H3/t9-/m1/s1. The second-order valence-electron chi connectivity index (χ2n) is 4.57. The van der Waals surface area contributed by atoms with Gasteiger partial charge in [0.15, 0.2) is 0 Å². The molecule has 3 heteroatoms. The van der Waals surface area contributed by atoms with Crippen LogP contribution in [0.5, 0.6) is 0 Å². The largest absolute Gasteiger partial charge is 0.337 e. The molecule has 1 aliphatic carbocycles. The molecular weight excluding hydrogens is 176 g/mol. The molecule has 0 aromatic rings. The van der Waals surface area contributed by atoms with Gasteiger partial charge in [-0.05, 0) is 19.8 Å². The fourth-order valence-corrected chi connectivity index (χ4v) is 2.58. The normalized spacial score (nSPS) is 29.5. The highest BCUT2D eigenvalue weighted by molar-refractivity contribution is 5.79. The number of amides is 1. The van der Waals surface area contributed by atoms with Gasteiger partial charge in [0.25, 0.3) is 0 Å². The summed E-state index contributed by atoms with van der Waals surface area (Å²) in [5, 5.41) is 3.32. The van der Waals surface area contributed by atoms with Gasteiger partial charge in [-0.2, -0.15) is 0 Å². The van der Waals surface area contributed by atoms with Gasteiger partial charge < -0.3 is 10.2 Å². The zero-order valence-electron chi connectivity index (χ0n) is 8.96. The number of rotatable bonds is 1. The van der Waals surface area contributed by atoms with E-state index in [1.807, 2.05) is 0 Å². The second-order valence-corrected chi connectivity index (χ2v) is 4.57. The molecule has 2 rings (SSSR count). The van der Waals surface area contributed by atoms with Crippen LogP contribution in [0, 0.1) is 5.92 Å². The summed E-state index contributed by atoms with van der Waals surface area (Å²) < 4.78 is 0. The average Bonchev–Trinajstić information content (AvgIpc) is 2.70. The van der Waals surface area contributed by atoms with E-state index in [2.05, 4.69) is 17.1 Å². The van der Waals surface area contributed by atoms with Crippen molar-refractivity contribution in [2.24, 2.45) is 5.92 Å². The third-order valence-electron chi connectivity index (χ3n) is 3.49. The molecule has 0 unspecified atom stereocenters. The Morgan fingerprint density at radius 1 is 1.36 bits per heavy atom. The molecule has 1 saturated heterocycles. The highest BCUT2D eigenvalue weighted by Gasteiger charge is 2.30. The number of piperazine rings is 1. The van der Waals surface area contributed by atoms with Crippen molar-refractivity contribution in [3.8, 4) is 0 Å². The van der Waals surface area contributed by atoms with Gasteiger partial charge in [0.2, 0.25) is 5.91 Å². The Bertz CT molecular complexity index is 211. The Morgan fingerprint density at radius 3 is 2.71 bits per heavy atom. The highest BCUT2D eigenvalue weighted by Crippen LogP contribution is 2.27. The zero-order chi connectivity index (χ0) is 9.97. The third-order valence-corrected chi connectivity index (χ3v) is 3.49. The van der Waals surface area contributed by atoms with Crippen molar-refractivity contribution in [3.63, 3.8) is 0 Å². The predicted molar refractivity (Wildman–Crippen MR) is 56.0 cm³/mol. The van der Waals surface area contributed by atoms with Crippen LogP contribution in [-0.2, 0) is 4.79 Å². The van der Waals surface area contributed by atoms with Crippen molar-refractivity contribution in [2.75, 3.05) is 19.6 Å². The van der Waals surface area contributed by atoms with Gasteiger partial charge in [0, 0.05) is 31.6 Å². The van der Waals surface area contributed by atoms with Gasteiger partial charge in [0.1, 0.15) is 0 Å². The summed E-state index contributed by atoms with van der Waals surface area (Å²) in [4.78, 5) is 14.2. The SMILES string of the molecule is C[C@@H]1CNCCN1C(=O)C1CCCC1. The number of carbonyl (C=O) groups excluding carboxylic acids is 1. The van der Waals surface area contributed by atoms with Crippen LogP contribution >= 0.6 is 0 Å². The quantitative estimate of drug-likeness (QED) is 0.678. The summed E-state index contributed by atoms with van der Waals surface area (Å²) in [6.07, 6.45) is 4.73. The average molecular weight is 196 g/mol. The summed E-state index contributed by atoms with van der Waals surface area (Å²) in [5.41, 5.74) is 0. The van der Waals surface area contributed by atoms with Crippen LogP contribution in [0.15, 0.2) is 0 Å². The maximum absolute atomic E-state index is 12.1. The van der Waals surface area contributed by atoms with Gasteiger partial charge >= 0.3 is 0 Å². The summed E-state index contributed by atoms with van der Waals surface area (Å²) in [7, 11) is 0. The molecule has 0 spiro atoms. The van der Waals surface area contributed by atoms with Crippen molar-refractivity contribution in [1.29, 1.82) is 0 Å². The van der Waals surface area contributed by atoms with E-state index in [9.17, 15) is 4.79 Å². The van der Waals surface area contributed by atoms with E-state index in [1.54, 1.807) is 0 Å². The lowest BCUT2D eigenvalue weighted by Gasteiger charge is -2.35. The topological polar surface area (TPSA) is 32.3 Å². The molecule has 3 nitrogen and oxygen atoms in total. The third kappa shape index (κ3) is 1.92. The zero-order valence-corrected chi connectivity index (χ0v) is 8.96. The molecule has 1 amide bonds. The molecule has 1 atom stereocenters. The second kappa shape index (κ2) is 4.30. The minimum atomic E-state index is 0.343. The Labute approximate surface area is 85.8 Å². The maximum atomic E-state index is 12.1. The first kappa shape index (κ1) is 9.97. The van der Waals surface area contributed by atoms with Crippen molar-refractivity contribution in [2.45, 2.75) is 38.6 Å². The Kier molecular flexibility index (Phi) is 3.06. The number of hydrogen-bond donors (Lipinski definition) is 1. The van der Waals surface area contributed by atoms with Gasteiger partial charge in [-0.15, -0.1) is 0 Å². The molecule has 1 saturated carbocycles. The van der Waals surface area contributed by atoms with Crippen LogP contribution in [0.3, 0.4) is 0 Å². The number of nitrogens with zero attached hydrogens (tertiary/aromatic N) is 1. The molecule has 0 aromatic heterocycles. The van der Waals surface area contributed by atoms with Gasteiger partial charge in [-0.1, -0.05) is 12.8 Å². The first-order valence-corrected chi connectivity index (χ1v) is 5.80. The number of carbonyl (C=O) groups is 1. The summed E-state index contributed by atoms with van der Waals surface area (Å²) in [5.74, 6) is 0.757.